The fourth-order valence-corrected chi connectivity index (χ4v) is 13.6. The molecule has 1 aliphatic rings. The van der Waals surface area contributed by atoms with E-state index in [1.165, 1.54) is 22.3 Å². The highest BCUT2D eigenvalue weighted by Gasteiger charge is 2.46. The third-order valence-corrected chi connectivity index (χ3v) is 16.9. The van der Waals surface area contributed by atoms with Crippen molar-refractivity contribution in [2.45, 2.75) is 5.41 Å². The fraction of sp³-hybridized carbons (Fsp3) is 0.0204. The molecule has 0 aromatic heterocycles. The van der Waals surface area contributed by atoms with Crippen molar-refractivity contribution in [3.8, 4) is 11.1 Å². The largest absolute Gasteiger partial charge is 0.309 e. The molecule has 8 aromatic carbocycles. The van der Waals surface area contributed by atoms with Crippen LogP contribution in [-0.2, 0) is 14.5 Å². The normalized spacial score (nSPS) is 13.2. The summed E-state index contributed by atoms with van der Waals surface area (Å²) in [5.41, 5.74) is 6.24. The summed E-state index contributed by atoms with van der Waals surface area (Å²) in [4.78, 5) is 0. The van der Waals surface area contributed by atoms with Gasteiger partial charge in [0.05, 0.1) is 5.41 Å². The number of fused-ring (bicyclic) bond motifs is 3. The predicted octanol–water partition coefficient (Wildman–Crippen LogP) is 9.33. The molecule has 1 aliphatic carbocycles. The molecule has 53 heavy (non-hydrogen) atoms. The molecular formula is C49H36O2P2. The van der Waals surface area contributed by atoms with Crippen molar-refractivity contribution in [2.24, 2.45) is 0 Å². The Morgan fingerprint density at radius 2 is 0.509 bits per heavy atom. The van der Waals surface area contributed by atoms with Gasteiger partial charge in [-0.1, -0.05) is 218 Å². The second-order valence-electron chi connectivity index (χ2n) is 13.5. The molecule has 0 fully saturated rings. The standard InChI is InChI=1S/C49H36O2P2/c50-52(39-17-5-1-6-18-39,40-19-7-2-8-20-40)43-33-29-37(30-34-43)49(47-27-15-13-25-45(47)46-26-14-16-28-48(46)49)38-31-35-44(36-32-38)53(51,41-21-9-3-10-22-41)42-23-11-4-12-24-42/h1-36H. The molecule has 9 rings (SSSR count). The summed E-state index contributed by atoms with van der Waals surface area (Å²) in [6.07, 6.45) is 0. The average Bonchev–Trinajstić information content (AvgIpc) is 3.55. The van der Waals surface area contributed by atoms with Gasteiger partial charge in [-0.25, -0.2) is 0 Å². The Labute approximate surface area is 311 Å². The summed E-state index contributed by atoms with van der Waals surface area (Å²) in [6, 6.07) is 73.5. The van der Waals surface area contributed by atoms with Gasteiger partial charge in [-0.05, 0) is 33.4 Å². The number of benzene rings is 8. The fourth-order valence-electron chi connectivity index (χ4n) is 8.31. The lowest BCUT2D eigenvalue weighted by Crippen LogP contribution is -2.31. The minimum atomic E-state index is -3.17. The highest BCUT2D eigenvalue weighted by Crippen LogP contribution is 2.56. The molecule has 0 saturated heterocycles. The lowest BCUT2D eigenvalue weighted by Gasteiger charge is -2.34. The minimum absolute atomic E-state index is 0.669. The van der Waals surface area contributed by atoms with Crippen LogP contribution in [-0.4, -0.2) is 0 Å². The lowest BCUT2D eigenvalue weighted by molar-refractivity contribution is 0.591. The molecule has 0 spiro atoms. The van der Waals surface area contributed by atoms with Crippen molar-refractivity contribution in [3.05, 3.63) is 241 Å². The van der Waals surface area contributed by atoms with Crippen LogP contribution in [0.15, 0.2) is 218 Å². The summed E-state index contributed by atoms with van der Waals surface area (Å²) in [5, 5.41) is 4.80. The Balaban J connectivity index is 1.25. The van der Waals surface area contributed by atoms with E-state index < -0.39 is 19.7 Å². The summed E-state index contributed by atoms with van der Waals surface area (Å²) in [6.45, 7) is 0. The molecule has 0 heterocycles. The molecule has 0 N–H and O–H groups in total. The van der Waals surface area contributed by atoms with Gasteiger partial charge in [0, 0.05) is 31.8 Å². The maximum atomic E-state index is 15.3. The van der Waals surface area contributed by atoms with Gasteiger partial charge in [0.2, 0.25) is 0 Å². The van der Waals surface area contributed by atoms with E-state index in [1.54, 1.807) is 0 Å². The third kappa shape index (κ3) is 5.17. The van der Waals surface area contributed by atoms with Gasteiger partial charge >= 0.3 is 0 Å². The van der Waals surface area contributed by atoms with Gasteiger partial charge in [-0.15, -0.1) is 0 Å². The molecule has 0 unspecified atom stereocenters. The average molecular weight is 719 g/mol. The van der Waals surface area contributed by atoms with Gasteiger partial charge in [-0.2, -0.15) is 0 Å². The smallest absolute Gasteiger partial charge is 0.171 e. The quantitative estimate of drug-likeness (QED) is 0.147. The van der Waals surface area contributed by atoms with E-state index in [4.69, 9.17) is 0 Å². The first-order valence-corrected chi connectivity index (χ1v) is 21.3. The van der Waals surface area contributed by atoms with Crippen LogP contribution in [0.2, 0.25) is 0 Å². The van der Waals surface area contributed by atoms with Crippen molar-refractivity contribution in [1.29, 1.82) is 0 Å². The molecule has 0 amide bonds. The topological polar surface area (TPSA) is 34.1 Å². The Bertz CT molecular complexity index is 2360. The maximum absolute atomic E-state index is 15.3. The van der Waals surface area contributed by atoms with Crippen LogP contribution in [0.5, 0.6) is 0 Å². The van der Waals surface area contributed by atoms with Gasteiger partial charge in [0.15, 0.2) is 14.3 Å². The summed E-state index contributed by atoms with van der Waals surface area (Å²) in [7, 11) is -6.34. The van der Waals surface area contributed by atoms with Crippen LogP contribution in [0.4, 0.5) is 0 Å². The van der Waals surface area contributed by atoms with E-state index in [9.17, 15) is 0 Å². The van der Waals surface area contributed by atoms with E-state index in [0.29, 0.717) is 0 Å². The van der Waals surface area contributed by atoms with Gasteiger partial charge < -0.3 is 9.13 Å². The van der Waals surface area contributed by atoms with E-state index in [-0.39, 0.29) is 0 Å². The molecule has 0 saturated carbocycles. The molecular weight excluding hydrogens is 682 g/mol. The molecule has 4 heteroatoms. The minimum Gasteiger partial charge on any atom is -0.309 e. The number of rotatable bonds is 8. The molecule has 8 aromatic rings. The maximum Gasteiger partial charge on any atom is 0.171 e. The summed E-state index contributed by atoms with van der Waals surface area (Å²) < 4.78 is 30.7. The van der Waals surface area contributed by atoms with Crippen LogP contribution >= 0.6 is 14.3 Å². The first-order valence-electron chi connectivity index (χ1n) is 17.9. The van der Waals surface area contributed by atoms with E-state index in [1.807, 2.05) is 121 Å². The zero-order chi connectivity index (χ0) is 35.9. The highest BCUT2D eigenvalue weighted by atomic mass is 31.2. The van der Waals surface area contributed by atoms with Crippen LogP contribution < -0.4 is 31.8 Å². The Kier molecular flexibility index (Phi) is 8.32. The second kappa shape index (κ2) is 13.3. The van der Waals surface area contributed by atoms with E-state index in [2.05, 4.69) is 97.1 Å². The van der Waals surface area contributed by atoms with Crippen LogP contribution in [0.25, 0.3) is 11.1 Å². The molecule has 0 radical (unpaired) electrons. The third-order valence-electron chi connectivity index (χ3n) is 10.8. The summed E-state index contributed by atoms with van der Waals surface area (Å²) >= 11 is 0. The predicted molar refractivity (Wildman–Crippen MR) is 223 cm³/mol. The van der Waals surface area contributed by atoms with Crippen LogP contribution in [0, 0.1) is 0 Å². The van der Waals surface area contributed by atoms with Gasteiger partial charge in [0.25, 0.3) is 0 Å². The van der Waals surface area contributed by atoms with Crippen LogP contribution in [0.1, 0.15) is 22.3 Å². The zero-order valence-corrected chi connectivity index (χ0v) is 30.8. The first kappa shape index (κ1) is 33.1. The number of hydrogen-bond donors (Lipinski definition) is 0. The molecule has 0 atom stereocenters. The van der Waals surface area contributed by atoms with Crippen molar-refractivity contribution in [3.63, 3.8) is 0 Å². The van der Waals surface area contributed by atoms with Gasteiger partial charge in [0.1, 0.15) is 0 Å². The van der Waals surface area contributed by atoms with E-state index in [0.717, 1.165) is 43.0 Å². The van der Waals surface area contributed by atoms with Gasteiger partial charge in [-0.3, -0.25) is 0 Å². The van der Waals surface area contributed by atoms with Crippen LogP contribution in [0.3, 0.4) is 0 Å². The van der Waals surface area contributed by atoms with Crippen molar-refractivity contribution in [1.82, 2.24) is 0 Å². The molecule has 0 bridgehead atoms. The first-order chi connectivity index (χ1) is 26.1. The Morgan fingerprint density at radius 1 is 0.264 bits per heavy atom. The molecule has 0 aliphatic heterocycles. The second-order valence-corrected chi connectivity index (χ2v) is 19.0. The summed E-state index contributed by atoms with van der Waals surface area (Å²) in [5.74, 6) is 0. The van der Waals surface area contributed by atoms with E-state index >= 15 is 9.13 Å². The molecule has 2 nitrogen and oxygen atoms in total. The SMILES string of the molecule is O=P(c1ccccc1)(c1ccccc1)c1ccc(C2(c3ccc(P(=O)(c4ccccc4)c4ccccc4)cc3)c3ccccc3-c3ccccc32)cc1. The molecule has 254 valence electrons. The van der Waals surface area contributed by atoms with Crippen molar-refractivity contribution >= 4 is 46.1 Å². The van der Waals surface area contributed by atoms with Crippen molar-refractivity contribution in [2.75, 3.05) is 0 Å². The highest BCUT2D eigenvalue weighted by molar-refractivity contribution is 7.85. The monoisotopic (exact) mass is 718 g/mol. The Morgan fingerprint density at radius 3 is 0.811 bits per heavy atom. The zero-order valence-electron chi connectivity index (χ0n) is 29.0. The lowest BCUT2D eigenvalue weighted by atomic mass is 9.68. The Hall–Kier alpha value is -5.78. The number of hydrogen-bond acceptors (Lipinski definition) is 2. The van der Waals surface area contributed by atoms with Crippen molar-refractivity contribution < 1.29 is 9.13 Å².